The van der Waals surface area contributed by atoms with E-state index in [4.69, 9.17) is 12.2 Å². The first-order valence-electron chi connectivity index (χ1n) is 5.85. The zero-order chi connectivity index (χ0) is 12.4. The Morgan fingerprint density at radius 2 is 2.24 bits per heavy atom. The maximum absolute atomic E-state index is 5.24. The number of aryl methyl sites for hydroxylation is 1. The molecule has 0 aliphatic rings. The van der Waals surface area contributed by atoms with Crippen molar-refractivity contribution < 1.29 is 0 Å². The third-order valence-electron chi connectivity index (χ3n) is 2.57. The molecule has 0 bridgehead atoms. The molecule has 17 heavy (non-hydrogen) atoms. The van der Waals surface area contributed by atoms with Crippen molar-refractivity contribution in [2.24, 2.45) is 0 Å². The molecule has 92 valence electrons. The van der Waals surface area contributed by atoms with E-state index in [9.17, 15) is 0 Å². The SMILES string of the molecule is CCCc1n[nH]c(=S)n1-c1ccn(C(C)C)n1. The molecule has 2 aromatic heterocycles. The van der Waals surface area contributed by atoms with E-state index in [0.29, 0.717) is 10.8 Å². The van der Waals surface area contributed by atoms with Crippen LogP contribution in [0, 0.1) is 4.77 Å². The van der Waals surface area contributed by atoms with Gasteiger partial charge < -0.3 is 0 Å². The highest BCUT2D eigenvalue weighted by atomic mass is 32.1. The summed E-state index contributed by atoms with van der Waals surface area (Å²) in [6, 6.07) is 2.31. The quantitative estimate of drug-likeness (QED) is 0.850. The molecule has 0 spiro atoms. The van der Waals surface area contributed by atoms with E-state index < -0.39 is 0 Å². The molecule has 6 heteroatoms. The number of nitrogens with zero attached hydrogens (tertiary/aromatic N) is 4. The average Bonchev–Trinajstić information content (AvgIpc) is 2.86. The maximum Gasteiger partial charge on any atom is 0.201 e. The first kappa shape index (κ1) is 12.0. The second kappa shape index (κ2) is 4.83. The maximum atomic E-state index is 5.24. The Morgan fingerprint density at radius 1 is 1.47 bits per heavy atom. The van der Waals surface area contributed by atoms with Crippen LogP contribution in [0.5, 0.6) is 0 Å². The predicted molar refractivity (Wildman–Crippen MR) is 68.9 cm³/mol. The van der Waals surface area contributed by atoms with E-state index in [2.05, 4.69) is 36.1 Å². The molecule has 1 N–H and O–H groups in total. The fraction of sp³-hybridized carbons (Fsp3) is 0.545. The Morgan fingerprint density at radius 3 is 2.82 bits per heavy atom. The number of aromatic nitrogens is 5. The lowest BCUT2D eigenvalue weighted by Gasteiger charge is -2.05. The molecule has 2 aromatic rings. The summed E-state index contributed by atoms with van der Waals surface area (Å²) < 4.78 is 4.42. The number of rotatable bonds is 4. The number of hydrogen-bond acceptors (Lipinski definition) is 3. The minimum atomic E-state index is 0.347. The molecular formula is C11H17N5S. The van der Waals surface area contributed by atoms with Crippen LogP contribution in [0.15, 0.2) is 12.3 Å². The molecule has 0 aliphatic carbocycles. The van der Waals surface area contributed by atoms with Crippen LogP contribution in [0.1, 0.15) is 39.1 Å². The van der Waals surface area contributed by atoms with Crippen LogP contribution in [-0.4, -0.2) is 24.5 Å². The van der Waals surface area contributed by atoms with Crippen LogP contribution >= 0.6 is 12.2 Å². The summed E-state index contributed by atoms with van der Waals surface area (Å²) in [5.74, 6) is 1.77. The normalized spacial score (nSPS) is 11.3. The van der Waals surface area contributed by atoms with Crippen molar-refractivity contribution in [2.45, 2.75) is 39.7 Å². The van der Waals surface area contributed by atoms with Gasteiger partial charge in [0.1, 0.15) is 5.82 Å². The number of aromatic amines is 1. The summed E-state index contributed by atoms with van der Waals surface area (Å²) in [6.07, 6.45) is 3.89. The van der Waals surface area contributed by atoms with Gasteiger partial charge in [0.15, 0.2) is 5.82 Å². The smallest absolute Gasteiger partial charge is 0.201 e. The Labute approximate surface area is 105 Å². The molecule has 0 saturated carbocycles. The minimum absolute atomic E-state index is 0.347. The Hall–Kier alpha value is -1.43. The standard InChI is InChI=1S/C11H17N5S/c1-4-5-9-12-13-11(17)16(9)10-6-7-15(14-10)8(2)3/h6-8H,4-5H2,1-3H3,(H,13,17). The van der Waals surface area contributed by atoms with Crippen LogP contribution in [0.4, 0.5) is 0 Å². The van der Waals surface area contributed by atoms with E-state index in [0.717, 1.165) is 24.5 Å². The van der Waals surface area contributed by atoms with Crippen LogP contribution in [0.3, 0.4) is 0 Å². The summed E-state index contributed by atoms with van der Waals surface area (Å²) >= 11 is 5.24. The second-order valence-electron chi connectivity index (χ2n) is 4.28. The van der Waals surface area contributed by atoms with Crippen LogP contribution in [0.2, 0.25) is 0 Å². The summed E-state index contributed by atoms with van der Waals surface area (Å²) in [4.78, 5) is 0. The molecule has 0 amide bonds. The average molecular weight is 251 g/mol. The monoisotopic (exact) mass is 251 g/mol. The second-order valence-corrected chi connectivity index (χ2v) is 4.66. The van der Waals surface area contributed by atoms with Crippen molar-refractivity contribution in [3.05, 3.63) is 22.9 Å². The fourth-order valence-electron chi connectivity index (χ4n) is 1.69. The van der Waals surface area contributed by atoms with Crippen LogP contribution < -0.4 is 0 Å². The summed E-state index contributed by atoms with van der Waals surface area (Å²) in [5.41, 5.74) is 0. The fourth-order valence-corrected chi connectivity index (χ4v) is 1.94. The summed E-state index contributed by atoms with van der Waals surface area (Å²) in [7, 11) is 0. The van der Waals surface area contributed by atoms with Gasteiger partial charge in [0.25, 0.3) is 0 Å². The van der Waals surface area contributed by atoms with Crippen molar-refractivity contribution in [1.29, 1.82) is 0 Å². The topological polar surface area (TPSA) is 51.4 Å². The van der Waals surface area contributed by atoms with Gasteiger partial charge in [-0.15, -0.1) is 0 Å². The Balaban J connectivity index is 2.44. The van der Waals surface area contributed by atoms with Gasteiger partial charge in [-0.3, -0.25) is 14.3 Å². The Bertz CT molecular complexity index is 548. The van der Waals surface area contributed by atoms with E-state index in [1.807, 2.05) is 21.5 Å². The zero-order valence-corrected chi connectivity index (χ0v) is 11.2. The molecule has 2 rings (SSSR count). The molecule has 0 fully saturated rings. The molecule has 2 heterocycles. The third kappa shape index (κ3) is 2.31. The van der Waals surface area contributed by atoms with E-state index in [-0.39, 0.29) is 0 Å². The zero-order valence-electron chi connectivity index (χ0n) is 10.3. The number of hydrogen-bond donors (Lipinski definition) is 1. The lowest BCUT2D eigenvalue weighted by Crippen LogP contribution is -2.05. The van der Waals surface area contributed by atoms with Gasteiger partial charge in [-0.25, -0.2) is 0 Å². The van der Waals surface area contributed by atoms with Gasteiger partial charge in [0.05, 0.1) is 0 Å². The lowest BCUT2D eigenvalue weighted by atomic mass is 10.3. The van der Waals surface area contributed by atoms with Crippen molar-refractivity contribution in [3.8, 4) is 5.82 Å². The van der Waals surface area contributed by atoms with E-state index in [1.54, 1.807) is 0 Å². The molecular weight excluding hydrogens is 234 g/mol. The highest BCUT2D eigenvalue weighted by Crippen LogP contribution is 2.12. The molecule has 0 aliphatic heterocycles. The van der Waals surface area contributed by atoms with Gasteiger partial charge in [0, 0.05) is 24.7 Å². The van der Waals surface area contributed by atoms with Crippen LogP contribution in [-0.2, 0) is 6.42 Å². The lowest BCUT2D eigenvalue weighted by molar-refractivity contribution is 0.528. The van der Waals surface area contributed by atoms with Gasteiger partial charge in [-0.2, -0.15) is 10.2 Å². The van der Waals surface area contributed by atoms with Crippen LogP contribution in [0.25, 0.3) is 5.82 Å². The van der Waals surface area contributed by atoms with Gasteiger partial charge in [-0.1, -0.05) is 6.92 Å². The third-order valence-corrected chi connectivity index (χ3v) is 2.84. The molecule has 0 unspecified atom stereocenters. The first-order chi connectivity index (χ1) is 8.13. The summed E-state index contributed by atoms with van der Waals surface area (Å²) in [6.45, 7) is 6.31. The van der Waals surface area contributed by atoms with E-state index in [1.165, 1.54) is 0 Å². The molecule has 0 saturated heterocycles. The Kier molecular flexibility index (Phi) is 3.42. The molecule has 0 radical (unpaired) electrons. The van der Waals surface area contributed by atoms with Crippen molar-refractivity contribution in [2.75, 3.05) is 0 Å². The predicted octanol–water partition coefficient (Wildman–Crippen LogP) is 2.66. The largest absolute Gasteiger partial charge is 0.268 e. The number of H-pyrrole nitrogens is 1. The number of nitrogens with one attached hydrogen (secondary N) is 1. The molecule has 0 aromatic carbocycles. The van der Waals surface area contributed by atoms with Gasteiger partial charge in [0.2, 0.25) is 4.77 Å². The van der Waals surface area contributed by atoms with E-state index >= 15 is 0 Å². The minimum Gasteiger partial charge on any atom is -0.268 e. The van der Waals surface area contributed by atoms with Crippen molar-refractivity contribution >= 4 is 12.2 Å². The summed E-state index contributed by atoms with van der Waals surface area (Å²) in [5, 5.41) is 11.6. The molecule has 0 atom stereocenters. The van der Waals surface area contributed by atoms with Gasteiger partial charge in [-0.05, 0) is 32.5 Å². The molecule has 5 nitrogen and oxygen atoms in total. The highest BCUT2D eigenvalue weighted by Gasteiger charge is 2.10. The highest BCUT2D eigenvalue weighted by molar-refractivity contribution is 7.71. The van der Waals surface area contributed by atoms with Crippen molar-refractivity contribution in [1.82, 2.24) is 24.5 Å². The van der Waals surface area contributed by atoms with Gasteiger partial charge >= 0.3 is 0 Å². The van der Waals surface area contributed by atoms with Crippen molar-refractivity contribution in [3.63, 3.8) is 0 Å². The first-order valence-corrected chi connectivity index (χ1v) is 6.26.